The van der Waals surface area contributed by atoms with Crippen molar-refractivity contribution in [1.29, 1.82) is 0 Å². The van der Waals surface area contributed by atoms with Crippen LogP contribution in [0.3, 0.4) is 0 Å². The molecular formula is C16H26N2O. The van der Waals surface area contributed by atoms with Crippen molar-refractivity contribution in [2.45, 2.75) is 20.8 Å². The lowest BCUT2D eigenvalue weighted by Gasteiger charge is -2.29. The molecule has 0 radical (unpaired) electrons. The first kappa shape index (κ1) is 14.4. The van der Waals surface area contributed by atoms with Crippen molar-refractivity contribution in [3.63, 3.8) is 0 Å². The van der Waals surface area contributed by atoms with Crippen LogP contribution in [0.1, 0.15) is 18.1 Å². The summed E-state index contributed by atoms with van der Waals surface area (Å²) < 4.78 is 5.90. The Morgan fingerprint density at radius 1 is 1.21 bits per heavy atom. The topological polar surface area (TPSA) is 24.5 Å². The lowest BCUT2D eigenvalue weighted by atomic mass is 10.1. The van der Waals surface area contributed by atoms with E-state index in [1.54, 1.807) is 0 Å². The SMILES string of the molecule is Cc1ccc(OCC(C)CN2CCNCC2)cc1C. The summed E-state index contributed by atoms with van der Waals surface area (Å²) in [6, 6.07) is 6.33. The molecule has 1 aliphatic heterocycles. The molecule has 1 unspecified atom stereocenters. The Morgan fingerprint density at radius 3 is 2.63 bits per heavy atom. The van der Waals surface area contributed by atoms with Gasteiger partial charge in [0.25, 0.3) is 0 Å². The maximum atomic E-state index is 5.90. The van der Waals surface area contributed by atoms with Crippen LogP contribution >= 0.6 is 0 Å². The summed E-state index contributed by atoms with van der Waals surface area (Å²) in [5.41, 5.74) is 2.62. The Balaban J connectivity index is 1.75. The van der Waals surface area contributed by atoms with Gasteiger partial charge in [-0.3, -0.25) is 0 Å². The predicted octanol–water partition coefficient (Wildman–Crippen LogP) is 2.22. The molecule has 0 bridgehead atoms. The summed E-state index contributed by atoms with van der Waals surface area (Å²) in [5.74, 6) is 1.56. The summed E-state index contributed by atoms with van der Waals surface area (Å²) >= 11 is 0. The quantitative estimate of drug-likeness (QED) is 0.880. The summed E-state index contributed by atoms with van der Waals surface area (Å²) in [6.07, 6.45) is 0. The highest BCUT2D eigenvalue weighted by atomic mass is 16.5. The molecule has 19 heavy (non-hydrogen) atoms. The average molecular weight is 262 g/mol. The van der Waals surface area contributed by atoms with Gasteiger partial charge in [-0.25, -0.2) is 0 Å². The molecule has 1 aliphatic rings. The number of piperazine rings is 1. The van der Waals surface area contributed by atoms with Crippen molar-refractivity contribution in [2.24, 2.45) is 5.92 Å². The zero-order valence-electron chi connectivity index (χ0n) is 12.4. The van der Waals surface area contributed by atoms with Gasteiger partial charge in [0, 0.05) is 38.6 Å². The van der Waals surface area contributed by atoms with Gasteiger partial charge in [0.1, 0.15) is 5.75 Å². The Kier molecular flexibility index (Phi) is 5.23. The number of rotatable bonds is 5. The Labute approximate surface area is 116 Å². The number of nitrogens with zero attached hydrogens (tertiary/aromatic N) is 1. The Bertz CT molecular complexity index is 400. The second-order valence-corrected chi connectivity index (χ2v) is 5.71. The maximum Gasteiger partial charge on any atom is 0.119 e. The summed E-state index contributed by atoms with van der Waals surface area (Å²) in [4.78, 5) is 2.52. The summed E-state index contributed by atoms with van der Waals surface area (Å²) in [5, 5.41) is 3.38. The van der Waals surface area contributed by atoms with Gasteiger partial charge in [-0.1, -0.05) is 13.0 Å². The van der Waals surface area contributed by atoms with Gasteiger partial charge in [0.05, 0.1) is 6.61 Å². The van der Waals surface area contributed by atoms with E-state index in [0.717, 1.165) is 45.1 Å². The van der Waals surface area contributed by atoms with Crippen molar-refractivity contribution in [2.75, 3.05) is 39.3 Å². The largest absolute Gasteiger partial charge is 0.493 e. The second-order valence-electron chi connectivity index (χ2n) is 5.71. The third-order valence-electron chi connectivity index (χ3n) is 3.79. The molecule has 0 amide bonds. The first-order chi connectivity index (χ1) is 9.15. The fourth-order valence-electron chi connectivity index (χ4n) is 2.43. The fraction of sp³-hybridized carbons (Fsp3) is 0.625. The van der Waals surface area contributed by atoms with Crippen LogP contribution in [0, 0.1) is 19.8 Å². The van der Waals surface area contributed by atoms with Crippen LogP contribution in [-0.4, -0.2) is 44.2 Å². The number of benzene rings is 1. The number of hydrogen-bond acceptors (Lipinski definition) is 3. The van der Waals surface area contributed by atoms with Crippen LogP contribution in [0.5, 0.6) is 5.75 Å². The van der Waals surface area contributed by atoms with Gasteiger partial charge in [0.15, 0.2) is 0 Å². The van der Waals surface area contributed by atoms with E-state index in [9.17, 15) is 0 Å². The van der Waals surface area contributed by atoms with E-state index in [4.69, 9.17) is 4.74 Å². The standard InChI is InChI=1S/C16H26N2O/c1-13(11-18-8-6-17-7-9-18)12-19-16-5-4-14(2)15(3)10-16/h4-5,10,13,17H,6-9,11-12H2,1-3H3. The predicted molar refractivity (Wildman–Crippen MR) is 79.9 cm³/mol. The molecule has 1 aromatic carbocycles. The van der Waals surface area contributed by atoms with Crippen LogP contribution in [0.25, 0.3) is 0 Å². The van der Waals surface area contributed by atoms with E-state index in [1.807, 2.05) is 0 Å². The van der Waals surface area contributed by atoms with Crippen LogP contribution in [0.2, 0.25) is 0 Å². The number of nitrogens with one attached hydrogen (secondary N) is 1. The molecule has 1 N–H and O–H groups in total. The zero-order valence-corrected chi connectivity index (χ0v) is 12.4. The molecule has 1 atom stereocenters. The van der Waals surface area contributed by atoms with Gasteiger partial charge < -0.3 is 15.0 Å². The lowest BCUT2D eigenvalue weighted by Crippen LogP contribution is -2.45. The number of aryl methyl sites for hydroxylation is 2. The minimum absolute atomic E-state index is 0.569. The lowest BCUT2D eigenvalue weighted by molar-refractivity contribution is 0.171. The molecule has 0 aromatic heterocycles. The van der Waals surface area contributed by atoms with E-state index in [-0.39, 0.29) is 0 Å². The second kappa shape index (κ2) is 6.92. The van der Waals surface area contributed by atoms with Crippen molar-refractivity contribution in [1.82, 2.24) is 10.2 Å². The molecule has 1 saturated heterocycles. The third kappa shape index (κ3) is 4.51. The van der Waals surface area contributed by atoms with Crippen molar-refractivity contribution in [3.8, 4) is 5.75 Å². The first-order valence-corrected chi connectivity index (χ1v) is 7.28. The first-order valence-electron chi connectivity index (χ1n) is 7.28. The molecule has 1 aromatic rings. The van der Waals surface area contributed by atoms with E-state index in [2.05, 4.69) is 49.2 Å². The molecule has 2 rings (SSSR count). The Morgan fingerprint density at radius 2 is 1.95 bits per heavy atom. The molecular weight excluding hydrogens is 236 g/mol. The van der Waals surface area contributed by atoms with Crippen molar-refractivity contribution in [3.05, 3.63) is 29.3 Å². The smallest absolute Gasteiger partial charge is 0.119 e. The summed E-state index contributed by atoms with van der Waals surface area (Å²) in [6.45, 7) is 13.0. The highest BCUT2D eigenvalue weighted by Gasteiger charge is 2.13. The molecule has 3 nitrogen and oxygen atoms in total. The maximum absolute atomic E-state index is 5.90. The van der Waals surface area contributed by atoms with Crippen LogP contribution in [0.15, 0.2) is 18.2 Å². The molecule has 1 fully saturated rings. The van der Waals surface area contributed by atoms with Gasteiger partial charge in [-0.05, 0) is 37.1 Å². The molecule has 0 saturated carbocycles. The number of hydrogen-bond donors (Lipinski definition) is 1. The van der Waals surface area contributed by atoms with Gasteiger partial charge in [-0.2, -0.15) is 0 Å². The number of ether oxygens (including phenoxy) is 1. The zero-order chi connectivity index (χ0) is 13.7. The molecule has 0 spiro atoms. The van der Waals surface area contributed by atoms with E-state index >= 15 is 0 Å². The van der Waals surface area contributed by atoms with E-state index in [1.165, 1.54) is 11.1 Å². The normalized spacial score (nSPS) is 18.3. The molecule has 106 valence electrons. The highest BCUT2D eigenvalue weighted by molar-refractivity contribution is 5.33. The van der Waals surface area contributed by atoms with E-state index in [0.29, 0.717) is 5.92 Å². The fourth-order valence-corrected chi connectivity index (χ4v) is 2.43. The van der Waals surface area contributed by atoms with Gasteiger partial charge >= 0.3 is 0 Å². The van der Waals surface area contributed by atoms with Gasteiger partial charge in [-0.15, -0.1) is 0 Å². The van der Waals surface area contributed by atoms with Crippen molar-refractivity contribution < 1.29 is 4.74 Å². The van der Waals surface area contributed by atoms with Crippen molar-refractivity contribution >= 4 is 0 Å². The molecule has 0 aliphatic carbocycles. The molecule has 3 heteroatoms. The third-order valence-corrected chi connectivity index (χ3v) is 3.79. The monoisotopic (exact) mass is 262 g/mol. The summed E-state index contributed by atoms with van der Waals surface area (Å²) in [7, 11) is 0. The van der Waals surface area contributed by atoms with Crippen LogP contribution < -0.4 is 10.1 Å². The minimum Gasteiger partial charge on any atom is -0.493 e. The van der Waals surface area contributed by atoms with Gasteiger partial charge in [0.2, 0.25) is 0 Å². The van der Waals surface area contributed by atoms with E-state index < -0.39 is 0 Å². The Hall–Kier alpha value is -1.06. The minimum atomic E-state index is 0.569. The molecule has 1 heterocycles. The average Bonchev–Trinajstić information content (AvgIpc) is 2.41. The highest BCUT2D eigenvalue weighted by Crippen LogP contribution is 2.17. The van der Waals surface area contributed by atoms with Crippen LogP contribution in [-0.2, 0) is 0 Å². The van der Waals surface area contributed by atoms with Crippen LogP contribution in [0.4, 0.5) is 0 Å².